The molecule has 7 heteroatoms. The van der Waals surface area contributed by atoms with Crippen molar-refractivity contribution in [2.24, 2.45) is 0 Å². The first-order chi connectivity index (χ1) is 17.1. The minimum Gasteiger partial charge on any atom is -0.384 e. The van der Waals surface area contributed by atoms with E-state index in [-0.39, 0.29) is 28.1 Å². The number of nitrogens with zero attached hydrogens (tertiary/aromatic N) is 2. The lowest BCUT2D eigenvalue weighted by Gasteiger charge is -2.26. The Hall–Kier alpha value is -1.95. The Morgan fingerprint density at radius 3 is 1.51 bits per heavy atom. The Kier molecular flexibility index (Phi) is 20.9. The molecule has 2 aliphatic rings. The van der Waals surface area contributed by atoms with Gasteiger partial charge in [0.15, 0.2) is 0 Å². The van der Waals surface area contributed by atoms with Crippen LogP contribution >= 0.6 is 22.6 Å². The van der Waals surface area contributed by atoms with Crippen LogP contribution in [0.15, 0.2) is 48.5 Å². The molecule has 0 unspecified atom stereocenters. The summed E-state index contributed by atoms with van der Waals surface area (Å²) in [5, 5.41) is 16.2. The number of aliphatic hydroxyl groups is 2. The highest BCUT2D eigenvalue weighted by atomic mass is 127. The SMILES string of the molecule is C.C.C#CCO.Ic1ccc(CN2CCOCC2)cc1.OCC#Cc1ccc(CN2CCOCC2)cc1. The van der Waals surface area contributed by atoms with Crippen molar-refractivity contribution in [2.75, 3.05) is 65.8 Å². The van der Waals surface area contributed by atoms with E-state index in [1.807, 2.05) is 18.1 Å². The van der Waals surface area contributed by atoms with Gasteiger partial charge in [-0.3, -0.25) is 9.80 Å². The molecule has 37 heavy (non-hydrogen) atoms. The van der Waals surface area contributed by atoms with Gasteiger partial charge in [-0.1, -0.05) is 56.9 Å². The van der Waals surface area contributed by atoms with E-state index in [9.17, 15) is 0 Å². The molecule has 2 saturated heterocycles. The molecule has 0 spiro atoms. The van der Waals surface area contributed by atoms with Gasteiger partial charge in [-0.05, 0) is 58.0 Å². The number of rotatable bonds is 4. The van der Waals surface area contributed by atoms with Crippen LogP contribution in [0.25, 0.3) is 0 Å². The number of benzene rings is 2. The molecule has 2 N–H and O–H groups in total. The van der Waals surface area contributed by atoms with Gasteiger partial charge >= 0.3 is 0 Å². The maximum atomic E-state index is 8.61. The van der Waals surface area contributed by atoms with Crippen LogP contribution < -0.4 is 0 Å². The summed E-state index contributed by atoms with van der Waals surface area (Å²) in [6.45, 7) is 9.35. The molecule has 2 aliphatic heterocycles. The number of halogens is 1. The van der Waals surface area contributed by atoms with Crippen molar-refractivity contribution in [3.05, 3.63) is 68.8 Å². The summed E-state index contributed by atoms with van der Waals surface area (Å²) in [4.78, 5) is 4.82. The summed E-state index contributed by atoms with van der Waals surface area (Å²) in [6, 6.07) is 16.9. The fourth-order valence-electron chi connectivity index (χ4n) is 3.46. The summed E-state index contributed by atoms with van der Waals surface area (Å²) in [5.41, 5.74) is 3.64. The second kappa shape index (κ2) is 22.1. The van der Waals surface area contributed by atoms with Crippen molar-refractivity contribution < 1.29 is 19.7 Å². The third-order valence-corrected chi connectivity index (χ3v) is 6.01. The van der Waals surface area contributed by atoms with Gasteiger partial charge in [-0.25, -0.2) is 0 Å². The lowest BCUT2D eigenvalue weighted by Crippen LogP contribution is -2.35. The van der Waals surface area contributed by atoms with E-state index in [0.717, 1.165) is 71.3 Å². The molecule has 0 amide bonds. The molecule has 0 aromatic heterocycles. The van der Waals surface area contributed by atoms with Crippen LogP contribution in [0.4, 0.5) is 0 Å². The van der Waals surface area contributed by atoms with E-state index in [1.165, 1.54) is 14.7 Å². The Balaban J connectivity index is 0.000000592. The smallest absolute Gasteiger partial charge is 0.104 e. The van der Waals surface area contributed by atoms with Crippen molar-refractivity contribution >= 4 is 22.6 Å². The Labute approximate surface area is 238 Å². The summed E-state index contributed by atoms with van der Waals surface area (Å²) in [5.74, 6) is 7.52. The van der Waals surface area contributed by atoms with E-state index >= 15 is 0 Å². The lowest BCUT2D eigenvalue weighted by atomic mass is 10.1. The molecule has 0 aliphatic carbocycles. The van der Waals surface area contributed by atoms with Crippen molar-refractivity contribution in [1.82, 2.24) is 9.80 Å². The Bertz CT molecular complexity index is 921. The predicted octanol–water partition coefficient (Wildman–Crippen LogP) is 3.87. The molecule has 6 nitrogen and oxygen atoms in total. The molecule has 0 bridgehead atoms. The van der Waals surface area contributed by atoms with Crippen LogP contribution in [0.1, 0.15) is 31.5 Å². The van der Waals surface area contributed by atoms with Crippen molar-refractivity contribution in [2.45, 2.75) is 27.9 Å². The van der Waals surface area contributed by atoms with Crippen LogP contribution in [0.5, 0.6) is 0 Å². The van der Waals surface area contributed by atoms with Gasteiger partial charge in [0.05, 0.1) is 26.4 Å². The first-order valence-electron chi connectivity index (χ1n) is 11.7. The van der Waals surface area contributed by atoms with Gasteiger partial charge in [0.25, 0.3) is 0 Å². The van der Waals surface area contributed by atoms with E-state index in [1.54, 1.807) is 0 Å². The standard InChI is InChI=1S/C14H17NO2.C11H14INO.C3H4O.2CH4/c16-9-1-2-13-3-5-14(6-4-13)12-15-7-10-17-11-8-15;12-11-3-1-10(2-4-11)9-13-5-7-14-8-6-13;1-2-3-4;;/h3-6,16H,7-12H2;1-4H,5-9H2;1,4H,3H2;2*1H4. The number of hydrogen-bond donors (Lipinski definition) is 2. The van der Waals surface area contributed by atoms with Crippen molar-refractivity contribution in [3.8, 4) is 24.2 Å². The van der Waals surface area contributed by atoms with E-state index in [4.69, 9.17) is 19.7 Å². The van der Waals surface area contributed by atoms with Crippen molar-refractivity contribution in [1.29, 1.82) is 0 Å². The normalized spacial score (nSPS) is 15.0. The molecule has 2 aromatic rings. The summed E-state index contributed by atoms with van der Waals surface area (Å²) in [6.07, 6.45) is 4.53. The average Bonchev–Trinajstić information content (AvgIpc) is 2.91. The van der Waals surface area contributed by atoms with E-state index in [0.29, 0.717) is 0 Å². The molecule has 4 rings (SSSR count). The highest BCUT2D eigenvalue weighted by Gasteiger charge is 2.11. The topological polar surface area (TPSA) is 65.4 Å². The summed E-state index contributed by atoms with van der Waals surface area (Å²) >= 11 is 2.33. The fraction of sp³-hybridized carbons (Fsp3) is 0.467. The molecule has 2 heterocycles. The van der Waals surface area contributed by atoms with Crippen LogP contribution in [0.2, 0.25) is 0 Å². The van der Waals surface area contributed by atoms with Crippen LogP contribution in [0.3, 0.4) is 0 Å². The molecular formula is C30H43IN2O4. The second-order valence-corrected chi connectivity index (χ2v) is 9.17. The maximum Gasteiger partial charge on any atom is 0.104 e. The highest BCUT2D eigenvalue weighted by molar-refractivity contribution is 14.1. The third-order valence-electron chi connectivity index (χ3n) is 5.29. The number of morpholine rings is 2. The van der Waals surface area contributed by atoms with Gasteiger partial charge in [0, 0.05) is 48.4 Å². The van der Waals surface area contributed by atoms with Crippen LogP contribution in [-0.4, -0.2) is 85.8 Å². The zero-order valence-electron chi connectivity index (χ0n) is 20.2. The van der Waals surface area contributed by atoms with E-state index < -0.39 is 0 Å². The maximum absolute atomic E-state index is 8.61. The fourth-order valence-corrected chi connectivity index (χ4v) is 3.82. The van der Waals surface area contributed by atoms with Crippen molar-refractivity contribution in [3.63, 3.8) is 0 Å². The minimum atomic E-state index is -0.153. The van der Waals surface area contributed by atoms with Gasteiger partial charge in [-0.15, -0.1) is 6.42 Å². The highest BCUT2D eigenvalue weighted by Crippen LogP contribution is 2.10. The third kappa shape index (κ3) is 15.8. The molecule has 0 saturated carbocycles. The van der Waals surface area contributed by atoms with Crippen LogP contribution in [-0.2, 0) is 22.6 Å². The molecule has 2 fully saturated rings. The van der Waals surface area contributed by atoms with Gasteiger partial charge in [0.1, 0.15) is 13.2 Å². The van der Waals surface area contributed by atoms with E-state index in [2.05, 4.69) is 87.1 Å². The van der Waals surface area contributed by atoms with Crippen LogP contribution in [0, 0.1) is 27.8 Å². The number of ether oxygens (including phenoxy) is 2. The first-order valence-corrected chi connectivity index (χ1v) is 12.8. The monoisotopic (exact) mass is 622 g/mol. The number of terminal acetylenes is 1. The average molecular weight is 623 g/mol. The Morgan fingerprint density at radius 2 is 1.14 bits per heavy atom. The molecule has 2 aromatic carbocycles. The molecule has 204 valence electrons. The second-order valence-electron chi connectivity index (χ2n) is 7.92. The lowest BCUT2D eigenvalue weighted by molar-refractivity contribution is 0.0341. The van der Waals surface area contributed by atoms with Gasteiger partial charge in [0.2, 0.25) is 0 Å². The molecule has 0 atom stereocenters. The molecule has 0 radical (unpaired) electrons. The quantitative estimate of drug-likeness (QED) is 0.399. The number of hydrogen-bond acceptors (Lipinski definition) is 6. The zero-order chi connectivity index (χ0) is 25.1. The summed E-state index contributed by atoms with van der Waals surface area (Å²) < 4.78 is 11.9. The number of aliphatic hydroxyl groups excluding tert-OH is 2. The largest absolute Gasteiger partial charge is 0.384 e. The predicted molar refractivity (Wildman–Crippen MR) is 161 cm³/mol. The van der Waals surface area contributed by atoms with Gasteiger partial charge < -0.3 is 19.7 Å². The minimum absolute atomic E-state index is 0. The van der Waals surface area contributed by atoms with Gasteiger partial charge in [-0.2, -0.15) is 0 Å². The summed E-state index contributed by atoms with van der Waals surface area (Å²) in [7, 11) is 0. The zero-order valence-corrected chi connectivity index (χ0v) is 22.3. The Morgan fingerprint density at radius 1 is 0.730 bits per heavy atom. The first kappa shape index (κ1) is 35.0. The molecular weight excluding hydrogens is 579 g/mol.